The van der Waals surface area contributed by atoms with Crippen LogP contribution in [-0.4, -0.2) is 19.5 Å². The van der Waals surface area contributed by atoms with E-state index in [0.29, 0.717) is 44.5 Å². The van der Waals surface area contributed by atoms with Gasteiger partial charge >= 0.3 is 0 Å². The fourth-order valence-corrected chi connectivity index (χ4v) is 9.07. The van der Waals surface area contributed by atoms with Crippen molar-refractivity contribution in [2.24, 2.45) is 0 Å². The first-order valence-corrected chi connectivity index (χ1v) is 22.7. The van der Waals surface area contributed by atoms with Gasteiger partial charge in [-0.25, -0.2) is 4.98 Å². The Morgan fingerprint density at radius 1 is 0.662 bits per heavy atom. The van der Waals surface area contributed by atoms with Crippen molar-refractivity contribution in [3.63, 3.8) is 0 Å². The quantitative estimate of drug-likeness (QED) is 0.123. The van der Waals surface area contributed by atoms with Gasteiger partial charge in [0.25, 0.3) is 0 Å². The van der Waals surface area contributed by atoms with Crippen LogP contribution in [-0.2, 0) is 25.5 Å². The topological polar surface area (TPSA) is 56.7 Å². The number of para-hydroxylation sites is 1. The van der Waals surface area contributed by atoms with Crippen LogP contribution in [0.15, 0.2) is 150 Å². The van der Waals surface area contributed by atoms with Gasteiger partial charge in [-0.3, -0.25) is 4.98 Å². The molecule has 6 heteroatoms. The van der Waals surface area contributed by atoms with Crippen LogP contribution in [0.1, 0.15) is 106 Å². The molecule has 4 aromatic heterocycles. The van der Waals surface area contributed by atoms with Gasteiger partial charge in [0.05, 0.1) is 28.0 Å². The summed E-state index contributed by atoms with van der Waals surface area (Å²) in [4.78, 5) is 14.5. The standard InChI is InChI=1S/C46H38N3O.C16H18N.Ir/c1-26(2)36-24-33(30-14-8-7-9-15-30)25-37(27(3)4)43(36)49-42-29(6)13-12-18-39(42)47-45(49)35-22-19-28(5)40-38-23-32-21-20-31-16-10-11-17-34(31)41(32)48-46(38)50-44(35)40;1-12-5-7-13(8-6-12)15-11-14(9-10-17-15)16(2,3)4;/h7-21,23-27H,1-6H3;5-7,9-11H,1-4H3;/q2*-1;/i5D3,6D3;1D3;. The monoisotopic (exact) mass is 1070 g/mol. The van der Waals surface area contributed by atoms with Gasteiger partial charge in [0.2, 0.25) is 5.71 Å². The Morgan fingerprint density at radius 3 is 2.12 bits per heavy atom. The molecule has 0 aliphatic heterocycles. The maximum Gasteiger partial charge on any atom is 0.216 e. The minimum atomic E-state index is -2.50. The molecule has 0 N–H and O–H groups in total. The van der Waals surface area contributed by atoms with Gasteiger partial charge in [-0.1, -0.05) is 158 Å². The Balaban J connectivity index is 0.000000290. The Bertz CT molecular complexity index is 3970. The Morgan fingerprint density at radius 2 is 1.41 bits per heavy atom. The molecule has 0 saturated heterocycles. The molecule has 0 aliphatic rings. The minimum Gasteiger partial charge on any atom is -0.486 e. The third-order valence-electron chi connectivity index (χ3n) is 12.6. The van der Waals surface area contributed by atoms with E-state index in [1.54, 1.807) is 30.5 Å². The fourth-order valence-electron chi connectivity index (χ4n) is 9.07. The van der Waals surface area contributed by atoms with Crippen molar-refractivity contribution in [2.45, 2.75) is 86.3 Å². The molecule has 0 saturated carbocycles. The summed E-state index contributed by atoms with van der Waals surface area (Å²) in [5.41, 5.74) is 11.0. The number of imidazole rings is 1. The molecule has 0 spiro atoms. The second-order valence-corrected chi connectivity index (χ2v) is 18.9. The summed E-state index contributed by atoms with van der Waals surface area (Å²) in [6.07, 6.45) is 1.78. The zero-order valence-electron chi connectivity index (χ0n) is 48.0. The van der Waals surface area contributed by atoms with Crippen molar-refractivity contribution in [2.75, 3.05) is 0 Å². The summed E-state index contributed by atoms with van der Waals surface area (Å²) >= 11 is 0. The van der Waals surface area contributed by atoms with Gasteiger partial charge in [-0.15, -0.1) is 53.1 Å². The van der Waals surface area contributed by atoms with Gasteiger partial charge in [0.1, 0.15) is 0 Å². The van der Waals surface area contributed by atoms with Gasteiger partial charge in [-0.05, 0) is 98.9 Å². The Hall–Kier alpha value is -6.72. The summed E-state index contributed by atoms with van der Waals surface area (Å²) in [7, 11) is 0. The van der Waals surface area contributed by atoms with E-state index >= 15 is 0 Å². The Labute approximate surface area is 426 Å². The van der Waals surface area contributed by atoms with Crippen LogP contribution in [0.3, 0.4) is 0 Å². The van der Waals surface area contributed by atoms with Gasteiger partial charge in [-0.2, -0.15) is 0 Å². The molecule has 11 aromatic rings. The van der Waals surface area contributed by atoms with E-state index in [1.807, 2.05) is 83.4 Å². The number of hydrogen-bond acceptors (Lipinski definition) is 4. The molecule has 4 heterocycles. The number of aryl methyl sites for hydroxylation is 3. The van der Waals surface area contributed by atoms with Crippen LogP contribution in [0.2, 0.25) is 0 Å². The second kappa shape index (κ2) is 18.4. The third kappa shape index (κ3) is 8.46. The summed E-state index contributed by atoms with van der Waals surface area (Å²) in [6.45, 7) is 7.92. The van der Waals surface area contributed by atoms with E-state index in [1.165, 1.54) is 17.7 Å². The molecule has 341 valence electrons. The normalized spacial score (nSPS) is 14.3. The van der Waals surface area contributed by atoms with E-state index in [0.717, 1.165) is 60.9 Å². The average Bonchev–Trinajstić information content (AvgIpc) is 4.08. The summed E-state index contributed by atoms with van der Waals surface area (Å²) in [5, 5.41) is 3.79. The Kier molecular flexibility index (Phi) is 9.84. The molecular formula is C62H56IrN4O-2. The van der Waals surface area contributed by atoms with Crippen molar-refractivity contribution < 1.29 is 36.9 Å². The third-order valence-corrected chi connectivity index (χ3v) is 12.6. The molecule has 7 aromatic carbocycles. The largest absolute Gasteiger partial charge is 0.486 e. The predicted molar refractivity (Wildman–Crippen MR) is 280 cm³/mol. The zero-order valence-corrected chi connectivity index (χ0v) is 41.4. The predicted octanol–water partition coefficient (Wildman–Crippen LogP) is 16.8. The molecule has 0 amide bonds. The first-order chi connectivity index (χ1) is 35.9. The van der Waals surface area contributed by atoms with Crippen molar-refractivity contribution in [1.82, 2.24) is 19.5 Å². The van der Waals surface area contributed by atoms with Gasteiger partial charge < -0.3 is 14.0 Å². The van der Waals surface area contributed by atoms with Crippen molar-refractivity contribution in [1.29, 1.82) is 0 Å². The maximum atomic E-state index is 8.68. The summed E-state index contributed by atoms with van der Waals surface area (Å²) < 4.78 is 82.5. The number of fused-ring (bicyclic) bond motifs is 7. The minimum absolute atomic E-state index is 0. The van der Waals surface area contributed by atoms with Crippen LogP contribution >= 0.6 is 0 Å². The SMILES string of the molecule is [2H]C([2H])([2H])c1c[c-]c(-c2cc(C(C)(C)C)ccn2)cc1.[2H]C([2H])([2H])c1c[c-]c(-c2nc3cccc(C([2H])([2H])[2H])c3n2-c2c(C(C)C)cc(-c3ccccc3)cc2C(C)C)c2oc3nc4c(ccc5ccccc54)cc3c12.[Ir]. The molecule has 1 radical (unpaired) electrons. The summed E-state index contributed by atoms with van der Waals surface area (Å²) in [6, 6.07) is 50.5. The maximum absolute atomic E-state index is 8.68. The second-order valence-electron chi connectivity index (χ2n) is 18.9. The molecule has 5 nitrogen and oxygen atoms in total. The molecule has 0 aliphatic carbocycles. The number of pyridine rings is 2. The number of furan rings is 1. The molecule has 0 bridgehead atoms. The smallest absolute Gasteiger partial charge is 0.216 e. The molecule has 68 heavy (non-hydrogen) atoms. The van der Waals surface area contributed by atoms with E-state index in [2.05, 4.69) is 89.8 Å². The first kappa shape index (κ1) is 36.3. The fraction of sp³-hybridized carbons (Fsp3) is 0.210. The van der Waals surface area contributed by atoms with E-state index in [4.69, 9.17) is 26.7 Å². The van der Waals surface area contributed by atoms with E-state index < -0.39 is 20.6 Å². The van der Waals surface area contributed by atoms with Crippen LogP contribution < -0.4 is 0 Å². The van der Waals surface area contributed by atoms with Crippen LogP contribution in [0.4, 0.5) is 0 Å². The van der Waals surface area contributed by atoms with Crippen LogP contribution in [0.25, 0.3) is 94.2 Å². The number of hydrogen-bond donors (Lipinski definition) is 0. The first-order valence-electron chi connectivity index (χ1n) is 27.2. The number of aromatic nitrogens is 4. The molecule has 0 unspecified atom stereocenters. The molecule has 0 atom stereocenters. The molecule has 11 rings (SSSR count). The van der Waals surface area contributed by atoms with Crippen LogP contribution in [0, 0.1) is 32.7 Å². The number of rotatable bonds is 6. The summed E-state index contributed by atoms with van der Waals surface area (Å²) in [5.74, 6) is 0.441. The molecular weight excluding hydrogens is 1010 g/mol. The van der Waals surface area contributed by atoms with E-state index in [-0.39, 0.29) is 54.1 Å². The van der Waals surface area contributed by atoms with E-state index in [9.17, 15) is 0 Å². The van der Waals surface area contributed by atoms with Gasteiger partial charge in [0.15, 0.2) is 0 Å². The van der Waals surface area contributed by atoms with Crippen molar-refractivity contribution in [3.05, 3.63) is 191 Å². The van der Waals surface area contributed by atoms with Crippen molar-refractivity contribution >= 4 is 54.8 Å². The van der Waals surface area contributed by atoms with Crippen molar-refractivity contribution in [3.8, 4) is 39.5 Å². The zero-order chi connectivity index (χ0) is 54.2. The molecule has 0 fully saturated rings. The number of nitrogens with zero attached hydrogens (tertiary/aromatic N) is 4. The number of benzene rings is 7. The average molecular weight is 1070 g/mol. The van der Waals surface area contributed by atoms with Gasteiger partial charge in [0, 0.05) is 60.5 Å². The van der Waals surface area contributed by atoms with Crippen LogP contribution in [0.5, 0.6) is 0 Å².